The smallest absolute Gasteiger partial charge is 0.281 e. The van der Waals surface area contributed by atoms with Crippen LogP contribution in [-0.2, 0) is 0 Å². The molecule has 3 heterocycles. The largest absolute Gasteiger partial charge is 0.497 e. The number of thiazole rings is 1. The Balaban J connectivity index is 1.78. The molecule has 25 heavy (non-hydrogen) atoms. The molecule has 0 radical (unpaired) electrons. The summed E-state index contributed by atoms with van der Waals surface area (Å²) in [6.45, 7) is 0. The van der Waals surface area contributed by atoms with E-state index in [-0.39, 0.29) is 5.91 Å². The number of carbonyl (C=O) groups is 1. The minimum absolute atomic E-state index is 0.307. The summed E-state index contributed by atoms with van der Waals surface area (Å²) in [6, 6.07) is 11.3. The van der Waals surface area contributed by atoms with E-state index in [4.69, 9.17) is 4.74 Å². The third kappa shape index (κ3) is 2.85. The highest BCUT2D eigenvalue weighted by Gasteiger charge is 2.12. The van der Waals surface area contributed by atoms with Crippen molar-refractivity contribution >= 4 is 28.3 Å². The highest BCUT2D eigenvalue weighted by Crippen LogP contribution is 2.17. The number of nitrogens with zero attached hydrogens (tertiary/aromatic N) is 3. The molecule has 1 aromatic carbocycles. The first-order valence-electron chi connectivity index (χ1n) is 7.58. The molecular formula is C18H14N4O2S. The van der Waals surface area contributed by atoms with Gasteiger partial charge in [-0.3, -0.25) is 9.36 Å². The standard InChI is InChI=1S/C18H14N4O2S/c1-24-13-5-2-4-12(10-13)22-8-9-25-18(22)21-17(23)15-11-20-16-14(15)6-3-7-19-16/h2-11H,1H3,(H,19,20). The first kappa shape index (κ1) is 15.3. The van der Waals surface area contributed by atoms with Crippen LogP contribution in [0.15, 0.2) is 65.4 Å². The van der Waals surface area contributed by atoms with E-state index in [9.17, 15) is 4.79 Å². The first-order chi connectivity index (χ1) is 12.3. The first-order valence-corrected chi connectivity index (χ1v) is 8.46. The van der Waals surface area contributed by atoms with Crippen molar-refractivity contribution in [3.05, 3.63) is 70.7 Å². The Morgan fingerprint density at radius 1 is 1.32 bits per heavy atom. The predicted octanol–water partition coefficient (Wildman–Crippen LogP) is 3.16. The van der Waals surface area contributed by atoms with Gasteiger partial charge in [-0.15, -0.1) is 11.3 Å². The van der Waals surface area contributed by atoms with Crippen LogP contribution in [0.1, 0.15) is 10.4 Å². The summed E-state index contributed by atoms with van der Waals surface area (Å²) in [5.41, 5.74) is 2.06. The summed E-state index contributed by atoms with van der Waals surface area (Å²) in [4.78, 5) is 24.7. The van der Waals surface area contributed by atoms with Crippen LogP contribution in [0, 0.1) is 0 Å². The van der Waals surface area contributed by atoms with Gasteiger partial charge in [0.1, 0.15) is 11.4 Å². The normalized spacial score (nSPS) is 11.8. The number of H-pyrrole nitrogens is 1. The zero-order chi connectivity index (χ0) is 17.2. The number of aromatic amines is 1. The molecule has 0 unspecified atom stereocenters. The van der Waals surface area contributed by atoms with Gasteiger partial charge in [-0.1, -0.05) is 6.07 Å². The lowest BCUT2D eigenvalue weighted by molar-refractivity contribution is 0.0999. The number of aromatic nitrogens is 3. The van der Waals surface area contributed by atoms with Crippen LogP contribution in [0.4, 0.5) is 0 Å². The Morgan fingerprint density at radius 3 is 3.12 bits per heavy atom. The summed E-state index contributed by atoms with van der Waals surface area (Å²) in [5, 5.41) is 2.66. The highest BCUT2D eigenvalue weighted by atomic mass is 32.1. The van der Waals surface area contributed by atoms with Crippen molar-refractivity contribution in [3.63, 3.8) is 0 Å². The molecule has 4 rings (SSSR count). The van der Waals surface area contributed by atoms with E-state index in [0.717, 1.165) is 16.8 Å². The number of pyridine rings is 1. The van der Waals surface area contributed by atoms with Crippen molar-refractivity contribution < 1.29 is 9.53 Å². The zero-order valence-electron chi connectivity index (χ0n) is 13.3. The van der Waals surface area contributed by atoms with E-state index in [1.165, 1.54) is 11.3 Å². The van der Waals surface area contributed by atoms with E-state index in [2.05, 4.69) is 15.0 Å². The van der Waals surface area contributed by atoms with Crippen LogP contribution in [0.25, 0.3) is 16.7 Å². The van der Waals surface area contributed by atoms with E-state index in [1.54, 1.807) is 25.6 Å². The summed E-state index contributed by atoms with van der Waals surface area (Å²) < 4.78 is 7.12. The predicted molar refractivity (Wildman–Crippen MR) is 96.2 cm³/mol. The van der Waals surface area contributed by atoms with Crippen molar-refractivity contribution in [3.8, 4) is 11.4 Å². The zero-order valence-corrected chi connectivity index (χ0v) is 14.2. The second-order valence-electron chi connectivity index (χ2n) is 5.28. The van der Waals surface area contributed by atoms with Crippen molar-refractivity contribution in [2.45, 2.75) is 0 Å². The number of rotatable bonds is 3. The molecule has 6 nitrogen and oxygen atoms in total. The fraction of sp³-hybridized carbons (Fsp3) is 0.0556. The van der Waals surface area contributed by atoms with Crippen LogP contribution in [-0.4, -0.2) is 27.6 Å². The topological polar surface area (TPSA) is 72.3 Å². The fourth-order valence-electron chi connectivity index (χ4n) is 2.59. The molecule has 0 spiro atoms. The van der Waals surface area contributed by atoms with Crippen LogP contribution in [0.5, 0.6) is 5.75 Å². The third-order valence-electron chi connectivity index (χ3n) is 3.80. The van der Waals surface area contributed by atoms with Gasteiger partial charge in [0.2, 0.25) is 0 Å². The number of amides is 1. The number of benzene rings is 1. The molecule has 0 fully saturated rings. The molecule has 0 atom stereocenters. The maximum absolute atomic E-state index is 12.6. The number of fused-ring (bicyclic) bond motifs is 1. The molecule has 0 aliphatic heterocycles. The molecule has 0 aliphatic carbocycles. The van der Waals surface area contributed by atoms with Crippen molar-refractivity contribution in [1.82, 2.24) is 14.5 Å². The second kappa shape index (κ2) is 6.37. The van der Waals surface area contributed by atoms with Gasteiger partial charge in [0, 0.05) is 35.4 Å². The Morgan fingerprint density at radius 2 is 2.24 bits per heavy atom. The monoisotopic (exact) mass is 350 g/mol. The maximum atomic E-state index is 12.6. The van der Waals surface area contributed by atoms with Crippen LogP contribution in [0.3, 0.4) is 0 Å². The van der Waals surface area contributed by atoms with E-state index >= 15 is 0 Å². The molecule has 0 aliphatic rings. The minimum atomic E-state index is -0.307. The molecule has 124 valence electrons. The van der Waals surface area contributed by atoms with Gasteiger partial charge in [-0.05, 0) is 24.3 Å². The molecule has 1 N–H and O–H groups in total. The molecule has 4 aromatic rings. The van der Waals surface area contributed by atoms with Gasteiger partial charge < -0.3 is 9.72 Å². The molecule has 0 saturated carbocycles. The molecule has 0 bridgehead atoms. The molecule has 3 aromatic heterocycles. The van der Waals surface area contributed by atoms with Crippen molar-refractivity contribution in [1.29, 1.82) is 0 Å². The Labute approximate surface area is 147 Å². The van der Waals surface area contributed by atoms with Crippen molar-refractivity contribution in [2.75, 3.05) is 7.11 Å². The van der Waals surface area contributed by atoms with E-state index in [0.29, 0.717) is 16.0 Å². The summed E-state index contributed by atoms with van der Waals surface area (Å²) in [5.74, 6) is 0.439. The lowest BCUT2D eigenvalue weighted by Crippen LogP contribution is -2.14. The van der Waals surface area contributed by atoms with Gasteiger partial charge in [0.25, 0.3) is 5.91 Å². The highest BCUT2D eigenvalue weighted by molar-refractivity contribution is 7.07. The molecule has 0 saturated heterocycles. The SMILES string of the molecule is COc1cccc(-n2ccsc2=NC(=O)c2c[nH]c3ncccc23)c1. The number of hydrogen-bond acceptors (Lipinski definition) is 4. The Hall–Kier alpha value is -3.19. The van der Waals surface area contributed by atoms with Crippen LogP contribution in [0.2, 0.25) is 0 Å². The third-order valence-corrected chi connectivity index (χ3v) is 4.56. The van der Waals surface area contributed by atoms with Gasteiger partial charge in [-0.2, -0.15) is 4.99 Å². The molecule has 1 amide bonds. The van der Waals surface area contributed by atoms with Crippen LogP contribution >= 0.6 is 11.3 Å². The average molecular weight is 350 g/mol. The van der Waals surface area contributed by atoms with E-state index < -0.39 is 0 Å². The summed E-state index contributed by atoms with van der Waals surface area (Å²) in [6.07, 6.45) is 5.20. The number of nitrogens with one attached hydrogen (secondary N) is 1. The minimum Gasteiger partial charge on any atom is -0.497 e. The lowest BCUT2D eigenvalue weighted by Gasteiger charge is -2.05. The Kier molecular flexibility index (Phi) is 3.91. The molecular weight excluding hydrogens is 336 g/mol. The lowest BCUT2D eigenvalue weighted by atomic mass is 10.2. The van der Waals surface area contributed by atoms with Gasteiger partial charge >= 0.3 is 0 Å². The summed E-state index contributed by atoms with van der Waals surface area (Å²) in [7, 11) is 1.62. The second-order valence-corrected chi connectivity index (χ2v) is 6.15. The van der Waals surface area contributed by atoms with Crippen LogP contribution < -0.4 is 9.54 Å². The Bertz CT molecular complexity index is 1120. The number of carbonyl (C=O) groups excluding carboxylic acids is 1. The average Bonchev–Trinajstić information content (AvgIpc) is 3.28. The quantitative estimate of drug-likeness (QED) is 0.617. The van der Waals surface area contributed by atoms with Crippen molar-refractivity contribution in [2.24, 2.45) is 4.99 Å². The van der Waals surface area contributed by atoms with Gasteiger partial charge in [-0.25, -0.2) is 4.98 Å². The summed E-state index contributed by atoms with van der Waals surface area (Å²) >= 11 is 1.40. The van der Waals surface area contributed by atoms with Gasteiger partial charge in [0.15, 0.2) is 4.80 Å². The van der Waals surface area contributed by atoms with Gasteiger partial charge in [0.05, 0.1) is 18.4 Å². The molecule has 7 heteroatoms. The van der Waals surface area contributed by atoms with E-state index in [1.807, 2.05) is 46.5 Å². The fourth-order valence-corrected chi connectivity index (χ4v) is 3.31. The number of ether oxygens (including phenoxy) is 1. The number of hydrogen-bond donors (Lipinski definition) is 1. The number of methoxy groups -OCH3 is 1. The maximum Gasteiger partial charge on any atom is 0.281 e.